The molecule has 1 aromatic rings. The molecule has 0 aliphatic rings. The first kappa shape index (κ1) is 9.46. The van der Waals surface area contributed by atoms with Gasteiger partial charge in [0.2, 0.25) is 5.95 Å². The maximum Gasteiger partial charge on any atom is 0.253 e. The standard InChI is InChI=1S/C6H12N6O/c1-11(2)3-5(13)10-12-4-8-9-6(12)7/h4H,3H2,1-2H3,(H2,7,9)(H,10,13). The van der Waals surface area contributed by atoms with Gasteiger partial charge in [-0.05, 0) is 14.1 Å². The first-order chi connectivity index (χ1) is 6.09. The van der Waals surface area contributed by atoms with Crippen molar-refractivity contribution >= 4 is 11.9 Å². The van der Waals surface area contributed by atoms with Crippen molar-refractivity contribution in [3.8, 4) is 0 Å². The lowest BCUT2D eigenvalue weighted by atomic mass is 10.6. The van der Waals surface area contributed by atoms with Gasteiger partial charge in [0.15, 0.2) is 0 Å². The number of rotatable bonds is 3. The third kappa shape index (κ3) is 2.71. The second-order valence-electron chi connectivity index (χ2n) is 2.83. The molecule has 0 aliphatic carbocycles. The molecule has 0 saturated carbocycles. The Hall–Kier alpha value is -1.63. The fraction of sp³-hybridized carbons (Fsp3) is 0.500. The van der Waals surface area contributed by atoms with E-state index in [-0.39, 0.29) is 18.4 Å². The van der Waals surface area contributed by atoms with Crippen LogP contribution in [-0.2, 0) is 4.79 Å². The van der Waals surface area contributed by atoms with E-state index in [2.05, 4.69) is 15.6 Å². The maximum absolute atomic E-state index is 11.2. The number of nitrogens with zero attached hydrogens (tertiary/aromatic N) is 4. The molecule has 0 spiro atoms. The smallest absolute Gasteiger partial charge is 0.253 e. The lowest BCUT2D eigenvalue weighted by Crippen LogP contribution is -2.32. The van der Waals surface area contributed by atoms with Crippen LogP contribution in [0.2, 0.25) is 0 Å². The molecule has 0 aromatic carbocycles. The Bertz CT molecular complexity index is 293. The summed E-state index contributed by atoms with van der Waals surface area (Å²) in [5.41, 5.74) is 7.89. The second kappa shape index (κ2) is 3.85. The SMILES string of the molecule is CN(C)CC(=O)Nn1cnnc1N. The highest BCUT2D eigenvalue weighted by Crippen LogP contribution is 1.90. The topological polar surface area (TPSA) is 89.1 Å². The van der Waals surface area contributed by atoms with Crippen molar-refractivity contribution in [2.45, 2.75) is 0 Å². The molecule has 0 aliphatic heterocycles. The Kier molecular flexibility index (Phi) is 2.80. The van der Waals surface area contributed by atoms with Gasteiger partial charge < -0.3 is 10.6 Å². The molecule has 0 bridgehead atoms. The molecule has 1 rings (SSSR count). The Morgan fingerprint density at radius 1 is 1.77 bits per heavy atom. The summed E-state index contributed by atoms with van der Waals surface area (Å²) in [5.74, 6) is -0.0105. The van der Waals surface area contributed by atoms with Gasteiger partial charge in [-0.2, -0.15) is 0 Å². The maximum atomic E-state index is 11.2. The van der Waals surface area contributed by atoms with Crippen LogP contribution < -0.4 is 11.2 Å². The summed E-state index contributed by atoms with van der Waals surface area (Å²) in [5, 5.41) is 7.02. The van der Waals surface area contributed by atoms with Crippen LogP contribution in [0.3, 0.4) is 0 Å². The summed E-state index contributed by atoms with van der Waals surface area (Å²) in [6.07, 6.45) is 1.34. The fourth-order valence-corrected chi connectivity index (χ4v) is 0.787. The summed E-state index contributed by atoms with van der Waals surface area (Å²) < 4.78 is 1.27. The summed E-state index contributed by atoms with van der Waals surface area (Å²) in [4.78, 5) is 12.9. The van der Waals surface area contributed by atoms with Crippen LogP contribution in [0.25, 0.3) is 0 Å². The number of nitrogens with two attached hydrogens (primary N) is 1. The highest BCUT2D eigenvalue weighted by molar-refractivity contribution is 5.85. The molecule has 0 radical (unpaired) electrons. The van der Waals surface area contributed by atoms with Crippen LogP contribution >= 0.6 is 0 Å². The first-order valence-corrected chi connectivity index (χ1v) is 3.69. The average molecular weight is 184 g/mol. The Labute approximate surface area is 75.5 Å². The normalized spacial score (nSPS) is 10.4. The zero-order chi connectivity index (χ0) is 9.84. The van der Waals surface area contributed by atoms with E-state index in [1.165, 1.54) is 11.0 Å². The zero-order valence-corrected chi connectivity index (χ0v) is 7.56. The van der Waals surface area contributed by atoms with Crippen molar-refractivity contribution < 1.29 is 4.79 Å². The lowest BCUT2D eigenvalue weighted by Gasteiger charge is -2.10. The van der Waals surface area contributed by atoms with Crippen LogP contribution in [-0.4, -0.2) is 46.3 Å². The number of amides is 1. The monoisotopic (exact) mass is 184 g/mol. The number of aromatic nitrogens is 3. The molecule has 0 fully saturated rings. The van der Waals surface area contributed by atoms with Gasteiger partial charge in [0.05, 0.1) is 6.54 Å². The van der Waals surface area contributed by atoms with Crippen LogP contribution in [0.5, 0.6) is 0 Å². The van der Waals surface area contributed by atoms with E-state index in [9.17, 15) is 4.79 Å². The molecule has 3 N–H and O–H groups in total. The Morgan fingerprint density at radius 3 is 2.92 bits per heavy atom. The van der Waals surface area contributed by atoms with Crippen molar-refractivity contribution in [1.82, 2.24) is 19.8 Å². The molecule has 7 nitrogen and oxygen atoms in total. The number of nitrogen functional groups attached to an aromatic ring is 1. The van der Waals surface area contributed by atoms with Gasteiger partial charge in [-0.25, -0.2) is 4.68 Å². The van der Waals surface area contributed by atoms with Crippen molar-refractivity contribution in [3.63, 3.8) is 0 Å². The summed E-state index contributed by atoms with van der Waals surface area (Å²) >= 11 is 0. The average Bonchev–Trinajstić information content (AvgIpc) is 2.34. The van der Waals surface area contributed by atoms with Gasteiger partial charge in [-0.3, -0.25) is 10.2 Å². The molecule has 7 heteroatoms. The lowest BCUT2D eigenvalue weighted by molar-refractivity contribution is -0.117. The zero-order valence-electron chi connectivity index (χ0n) is 7.56. The fourth-order valence-electron chi connectivity index (χ4n) is 0.787. The van der Waals surface area contributed by atoms with Gasteiger partial charge in [-0.15, -0.1) is 10.2 Å². The highest BCUT2D eigenvalue weighted by Gasteiger charge is 2.05. The van der Waals surface area contributed by atoms with E-state index < -0.39 is 0 Å². The largest absolute Gasteiger partial charge is 0.366 e. The molecule has 0 saturated heterocycles. The second-order valence-corrected chi connectivity index (χ2v) is 2.83. The van der Waals surface area contributed by atoms with E-state index in [0.717, 1.165) is 0 Å². The summed E-state index contributed by atoms with van der Waals surface area (Å²) in [7, 11) is 3.60. The van der Waals surface area contributed by atoms with Gasteiger partial charge in [-0.1, -0.05) is 0 Å². The summed E-state index contributed by atoms with van der Waals surface area (Å²) in [6.45, 7) is 0.289. The minimum atomic E-state index is -0.170. The third-order valence-electron chi connectivity index (χ3n) is 1.28. The van der Waals surface area contributed by atoms with E-state index in [4.69, 9.17) is 5.73 Å². The predicted octanol–water partition coefficient (Wildman–Crippen LogP) is -1.51. The van der Waals surface area contributed by atoms with Gasteiger partial charge in [0.25, 0.3) is 5.91 Å². The number of anilines is 1. The summed E-state index contributed by atoms with van der Waals surface area (Å²) in [6, 6.07) is 0. The number of carbonyl (C=O) groups excluding carboxylic acids is 1. The highest BCUT2D eigenvalue weighted by atomic mass is 16.2. The molecule has 72 valence electrons. The van der Waals surface area contributed by atoms with Gasteiger partial charge >= 0.3 is 0 Å². The Morgan fingerprint density at radius 2 is 2.46 bits per heavy atom. The molecule has 0 atom stereocenters. The number of carbonyl (C=O) groups is 1. The first-order valence-electron chi connectivity index (χ1n) is 3.69. The van der Waals surface area contributed by atoms with E-state index in [1.807, 2.05) is 0 Å². The van der Waals surface area contributed by atoms with Crippen molar-refractivity contribution in [3.05, 3.63) is 6.33 Å². The number of hydrogen-bond donors (Lipinski definition) is 2. The predicted molar refractivity (Wildman–Crippen MR) is 47.4 cm³/mol. The number of nitrogens with one attached hydrogen (secondary N) is 1. The van der Waals surface area contributed by atoms with E-state index in [0.29, 0.717) is 0 Å². The van der Waals surface area contributed by atoms with Crippen LogP contribution in [0, 0.1) is 0 Å². The molecule has 13 heavy (non-hydrogen) atoms. The molecule has 0 unspecified atom stereocenters. The minimum absolute atomic E-state index is 0.159. The van der Waals surface area contributed by atoms with Gasteiger partial charge in [0, 0.05) is 0 Å². The Balaban J connectivity index is 2.50. The quantitative estimate of drug-likeness (QED) is 0.596. The van der Waals surface area contributed by atoms with Crippen molar-refractivity contribution in [2.75, 3.05) is 31.8 Å². The van der Waals surface area contributed by atoms with E-state index >= 15 is 0 Å². The van der Waals surface area contributed by atoms with Crippen molar-refractivity contribution in [2.24, 2.45) is 0 Å². The third-order valence-corrected chi connectivity index (χ3v) is 1.28. The van der Waals surface area contributed by atoms with Crippen LogP contribution in [0.4, 0.5) is 5.95 Å². The molecular weight excluding hydrogens is 172 g/mol. The molecule has 1 aromatic heterocycles. The number of likely N-dealkylation sites (N-methyl/N-ethyl adjacent to an activating group) is 1. The molecular formula is C6H12N6O. The van der Waals surface area contributed by atoms with Crippen molar-refractivity contribution in [1.29, 1.82) is 0 Å². The van der Waals surface area contributed by atoms with Gasteiger partial charge in [0.1, 0.15) is 6.33 Å². The van der Waals surface area contributed by atoms with Crippen LogP contribution in [0.15, 0.2) is 6.33 Å². The minimum Gasteiger partial charge on any atom is -0.366 e. The molecule has 1 amide bonds. The number of hydrogen-bond acceptors (Lipinski definition) is 5. The molecule has 1 heterocycles. The van der Waals surface area contributed by atoms with E-state index in [1.54, 1.807) is 19.0 Å². The van der Waals surface area contributed by atoms with Crippen LogP contribution in [0.1, 0.15) is 0 Å².